The predicted octanol–water partition coefficient (Wildman–Crippen LogP) is 3.99. The van der Waals surface area contributed by atoms with Gasteiger partial charge in [0.15, 0.2) is 0 Å². The smallest absolute Gasteiger partial charge is 0.225 e. The SMILES string of the molecule is CN1CCN(CC2(Nc3nccc(NCCc4cn(C)c5ccccc45)n3)CCCCC2)CC1. The highest BCUT2D eigenvalue weighted by molar-refractivity contribution is 5.83. The van der Waals surface area contributed by atoms with Crippen LogP contribution in [0.1, 0.15) is 37.7 Å². The molecule has 0 bridgehead atoms. The van der Waals surface area contributed by atoms with E-state index in [0.717, 1.165) is 57.5 Å². The van der Waals surface area contributed by atoms with E-state index >= 15 is 0 Å². The van der Waals surface area contributed by atoms with E-state index in [0.29, 0.717) is 0 Å². The number of aryl methyl sites for hydroxylation is 1. The highest BCUT2D eigenvalue weighted by atomic mass is 15.3. The van der Waals surface area contributed by atoms with Crippen molar-refractivity contribution in [1.82, 2.24) is 24.3 Å². The number of hydrogen-bond acceptors (Lipinski definition) is 6. The van der Waals surface area contributed by atoms with Crippen LogP contribution in [0, 0.1) is 0 Å². The molecule has 1 saturated carbocycles. The molecule has 3 heterocycles. The topological polar surface area (TPSA) is 61.2 Å². The maximum absolute atomic E-state index is 4.85. The molecule has 2 aliphatic rings. The number of nitrogens with one attached hydrogen (secondary N) is 2. The molecule has 0 atom stereocenters. The third-order valence-corrected chi connectivity index (χ3v) is 7.65. The minimum Gasteiger partial charge on any atom is -0.370 e. The molecule has 34 heavy (non-hydrogen) atoms. The highest BCUT2D eigenvalue weighted by Crippen LogP contribution is 2.32. The minimum atomic E-state index is 0.0791. The van der Waals surface area contributed by atoms with E-state index < -0.39 is 0 Å². The number of nitrogens with zero attached hydrogens (tertiary/aromatic N) is 5. The molecule has 182 valence electrons. The van der Waals surface area contributed by atoms with E-state index in [9.17, 15) is 0 Å². The van der Waals surface area contributed by atoms with Gasteiger partial charge in [-0.15, -0.1) is 0 Å². The molecule has 1 aliphatic heterocycles. The first-order chi connectivity index (χ1) is 16.6. The molecular weight excluding hydrogens is 422 g/mol. The quantitative estimate of drug-likeness (QED) is 0.529. The molecule has 1 saturated heterocycles. The molecular formula is C27H39N7. The molecule has 2 N–H and O–H groups in total. The summed E-state index contributed by atoms with van der Waals surface area (Å²) in [6.45, 7) is 6.54. The van der Waals surface area contributed by atoms with Crippen LogP contribution < -0.4 is 10.6 Å². The predicted molar refractivity (Wildman–Crippen MR) is 141 cm³/mol. The maximum Gasteiger partial charge on any atom is 0.225 e. The van der Waals surface area contributed by atoms with Gasteiger partial charge in [0.25, 0.3) is 0 Å². The number of benzene rings is 1. The summed E-state index contributed by atoms with van der Waals surface area (Å²) in [5.41, 5.74) is 2.73. The van der Waals surface area contributed by atoms with Gasteiger partial charge in [-0.25, -0.2) is 4.98 Å². The molecule has 1 aliphatic carbocycles. The number of hydrogen-bond donors (Lipinski definition) is 2. The largest absolute Gasteiger partial charge is 0.370 e. The number of likely N-dealkylation sites (N-methyl/N-ethyl adjacent to an activating group) is 1. The Morgan fingerprint density at radius 1 is 0.971 bits per heavy atom. The van der Waals surface area contributed by atoms with Gasteiger partial charge in [0.1, 0.15) is 5.82 Å². The van der Waals surface area contributed by atoms with Crippen LogP contribution in [-0.2, 0) is 13.5 Å². The Balaban J connectivity index is 1.22. The van der Waals surface area contributed by atoms with Crippen molar-refractivity contribution in [3.8, 4) is 0 Å². The number of para-hydroxylation sites is 1. The number of piperazine rings is 1. The van der Waals surface area contributed by atoms with E-state index in [1.807, 2.05) is 12.3 Å². The van der Waals surface area contributed by atoms with Gasteiger partial charge in [-0.2, -0.15) is 4.98 Å². The normalized spacial score (nSPS) is 19.4. The van der Waals surface area contributed by atoms with E-state index in [1.54, 1.807) is 0 Å². The molecule has 2 fully saturated rings. The molecule has 2 aromatic heterocycles. The van der Waals surface area contributed by atoms with Crippen LogP contribution >= 0.6 is 0 Å². The van der Waals surface area contributed by atoms with Crippen LogP contribution in [-0.4, -0.2) is 76.2 Å². The Kier molecular flexibility index (Phi) is 7.02. The summed E-state index contributed by atoms with van der Waals surface area (Å²) in [5.74, 6) is 1.65. The van der Waals surface area contributed by atoms with Crippen molar-refractivity contribution in [3.63, 3.8) is 0 Å². The third kappa shape index (κ3) is 5.36. The van der Waals surface area contributed by atoms with Crippen LogP contribution in [0.5, 0.6) is 0 Å². The average Bonchev–Trinajstić information content (AvgIpc) is 3.17. The van der Waals surface area contributed by atoms with E-state index in [-0.39, 0.29) is 5.54 Å². The third-order valence-electron chi connectivity index (χ3n) is 7.65. The van der Waals surface area contributed by atoms with Crippen LogP contribution in [0.2, 0.25) is 0 Å². The van der Waals surface area contributed by atoms with Gasteiger partial charge >= 0.3 is 0 Å². The lowest BCUT2D eigenvalue weighted by Gasteiger charge is -2.44. The van der Waals surface area contributed by atoms with Gasteiger partial charge in [0.05, 0.1) is 5.54 Å². The maximum atomic E-state index is 4.85. The second-order valence-corrected chi connectivity index (χ2v) is 10.3. The minimum absolute atomic E-state index is 0.0791. The summed E-state index contributed by atoms with van der Waals surface area (Å²) in [7, 11) is 4.34. The lowest BCUT2D eigenvalue weighted by Crippen LogP contribution is -2.54. The summed E-state index contributed by atoms with van der Waals surface area (Å²) in [6.07, 6.45) is 11.4. The fourth-order valence-electron chi connectivity index (χ4n) is 5.69. The van der Waals surface area contributed by atoms with E-state index in [2.05, 4.69) is 74.5 Å². The van der Waals surface area contributed by atoms with Gasteiger partial charge in [0.2, 0.25) is 5.95 Å². The van der Waals surface area contributed by atoms with Crippen molar-refractivity contribution < 1.29 is 0 Å². The first-order valence-electron chi connectivity index (χ1n) is 12.9. The van der Waals surface area contributed by atoms with Crippen molar-refractivity contribution in [1.29, 1.82) is 0 Å². The fraction of sp³-hybridized carbons (Fsp3) is 0.556. The van der Waals surface area contributed by atoms with Crippen LogP contribution in [0.25, 0.3) is 10.9 Å². The second-order valence-electron chi connectivity index (χ2n) is 10.3. The molecule has 7 nitrogen and oxygen atoms in total. The van der Waals surface area contributed by atoms with Crippen molar-refractivity contribution in [2.24, 2.45) is 7.05 Å². The van der Waals surface area contributed by atoms with Crippen molar-refractivity contribution in [2.75, 3.05) is 56.9 Å². The zero-order valence-electron chi connectivity index (χ0n) is 20.8. The van der Waals surface area contributed by atoms with E-state index in [4.69, 9.17) is 4.98 Å². The molecule has 3 aromatic rings. The standard InChI is InChI=1S/C27H39N7/c1-32-16-18-34(19-17-32)21-27(12-6-3-7-13-27)31-26-29-15-11-25(30-26)28-14-10-22-20-33(2)24-9-5-4-8-23(22)24/h4-5,8-9,11,15,20H,3,6-7,10,12-14,16-19,21H2,1-2H3,(H2,28,29,30,31). The zero-order chi connectivity index (χ0) is 23.4. The van der Waals surface area contributed by atoms with Gasteiger partial charge in [-0.05, 0) is 44.0 Å². The molecule has 0 unspecified atom stereocenters. The Labute approximate surface area is 203 Å². The summed E-state index contributed by atoms with van der Waals surface area (Å²) in [4.78, 5) is 14.5. The molecule has 5 rings (SSSR count). The summed E-state index contributed by atoms with van der Waals surface area (Å²) < 4.78 is 2.21. The number of fused-ring (bicyclic) bond motifs is 1. The fourth-order valence-corrected chi connectivity index (χ4v) is 5.69. The number of anilines is 2. The molecule has 0 amide bonds. The van der Waals surface area contributed by atoms with Crippen LogP contribution in [0.4, 0.5) is 11.8 Å². The first-order valence-corrected chi connectivity index (χ1v) is 12.9. The lowest BCUT2D eigenvalue weighted by molar-refractivity contribution is 0.119. The Morgan fingerprint density at radius 2 is 1.76 bits per heavy atom. The summed E-state index contributed by atoms with van der Waals surface area (Å²) in [6, 6.07) is 10.6. The summed E-state index contributed by atoms with van der Waals surface area (Å²) in [5, 5.41) is 8.67. The van der Waals surface area contributed by atoms with Crippen LogP contribution in [0.15, 0.2) is 42.7 Å². The molecule has 7 heteroatoms. The highest BCUT2D eigenvalue weighted by Gasteiger charge is 2.35. The van der Waals surface area contributed by atoms with E-state index in [1.165, 1.54) is 48.6 Å². The second kappa shape index (κ2) is 10.3. The Hall–Kier alpha value is -2.64. The van der Waals surface area contributed by atoms with Crippen molar-refractivity contribution in [2.45, 2.75) is 44.1 Å². The van der Waals surface area contributed by atoms with Gasteiger partial charge in [-0.1, -0.05) is 37.5 Å². The number of rotatable bonds is 8. The van der Waals surface area contributed by atoms with Gasteiger partial charge in [-0.3, -0.25) is 4.90 Å². The Morgan fingerprint density at radius 3 is 2.59 bits per heavy atom. The molecule has 0 spiro atoms. The first kappa shape index (κ1) is 23.1. The monoisotopic (exact) mass is 461 g/mol. The Bertz CT molecular complexity index is 1080. The van der Waals surface area contributed by atoms with Crippen molar-refractivity contribution in [3.05, 3.63) is 48.3 Å². The van der Waals surface area contributed by atoms with Gasteiger partial charge in [0, 0.05) is 69.6 Å². The van der Waals surface area contributed by atoms with Crippen molar-refractivity contribution >= 4 is 22.7 Å². The van der Waals surface area contributed by atoms with Gasteiger partial charge < -0.3 is 20.1 Å². The summed E-state index contributed by atoms with van der Waals surface area (Å²) >= 11 is 0. The number of aromatic nitrogens is 3. The molecule has 1 aromatic carbocycles. The zero-order valence-corrected chi connectivity index (χ0v) is 20.8. The van der Waals surface area contributed by atoms with Crippen LogP contribution in [0.3, 0.4) is 0 Å². The average molecular weight is 462 g/mol. The molecule has 0 radical (unpaired) electrons. The lowest BCUT2D eigenvalue weighted by atomic mass is 9.81.